The van der Waals surface area contributed by atoms with Gasteiger partial charge in [-0.15, -0.1) is 0 Å². The molecule has 3 rings (SSSR count). The van der Waals surface area contributed by atoms with Gasteiger partial charge in [-0.05, 0) is 42.9 Å². The Labute approximate surface area is 128 Å². The van der Waals surface area contributed by atoms with Gasteiger partial charge in [-0.1, -0.05) is 25.5 Å². The second kappa shape index (κ2) is 6.80. The minimum atomic E-state index is 0.687. The van der Waals surface area contributed by atoms with Crippen LogP contribution >= 0.6 is 0 Å². The fourth-order valence-electron chi connectivity index (χ4n) is 3.47. The van der Waals surface area contributed by atoms with Crippen molar-refractivity contribution in [2.45, 2.75) is 51.2 Å². The van der Waals surface area contributed by atoms with Crippen molar-refractivity contribution in [1.82, 2.24) is 10.2 Å². The van der Waals surface area contributed by atoms with Crippen LogP contribution in [0.15, 0.2) is 24.3 Å². The monoisotopic (exact) mass is 288 g/mol. The van der Waals surface area contributed by atoms with Gasteiger partial charge in [-0.25, -0.2) is 0 Å². The Balaban J connectivity index is 1.65. The average Bonchev–Trinajstić information content (AvgIpc) is 3.35. The highest BCUT2D eigenvalue weighted by Gasteiger charge is 2.36. The van der Waals surface area contributed by atoms with Gasteiger partial charge in [0, 0.05) is 31.7 Å². The quantitative estimate of drug-likeness (QED) is 0.871. The zero-order valence-electron chi connectivity index (χ0n) is 13.3. The molecule has 0 aromatic heterocycles. The van der Waals surface area contributed by atoms with E-state index < -0.39 is 0 Å². The van der Waals surface area contributed by atoms with Crippen LogP contribution in [0.1, 0.15) is 38.2 Å². The molecule has 1 N–H and O–H groups in total. The predicted molar refractivity (Wildman–Crippen MR) is 86.6 cm³/mol. The lowest BCUT2D eigenvalue weighted by molar-refractivity contribution is 0.108. The van der Waals surface area contributed by atoms with Gasteiger partial charge in [-0.3, -0.25) is 4.90 Å². The lowest BCUT2D eigenvalue weighted by Gasteiger charge is -2.41. The van der Waals surface area contributed by atoms with E-state index in [1.165, 1.54) is 37.8 Å². The first-order valence-electron chi connectivity index (χ1n) is 8.40. The number of benzene rings is 1. The van der Waals surface area contributed by atoms with Crippen molar-refractivity contribution < 1.29 is 4.74 Å². The normalized spacial score (nSPS) is 26.8. The third kappa shape index (κ3) is 3.78. The fourth-order valence-corrected chi connectivity index (χ4v) is 3.47. The highest BCUT2D eigenvalue weighted by Crippen LogP contribution is 2.34. The lowest BCUT2D eigenvalue weighted by Crippen LogP contribution is -2.56. The Morgan fingerprint density at radius 3 is 2.62 bits per heavy atom. The molecular weight excluding hydrogens is 260 g/mol. The summed E-state index contributed by atoms with van der Waals surface area (Å²) in [7, 11) is 1.73. The molecule has 3 heteroatoms. The van der Waals surface area contributed by atoms with Gasteiger partial charge in [0.05, 0.1) is 7.11 Å². The molecule has 2 atom stereocenters. The number of hydrogen-bond donors (Lipinski definition) is 1. The molecule has 1 aromatic carbocycles. The Kier molecular flexibility index (Phi) is 4.81. The van der Waals surface area contributed by atoms with Crippen LogP contribution in [-0.4, -0.2) is 37.2 Å². The van der Waals surface area contributed by atoms with Crippen LogP contribution in [0.4, 0.5) is 0 Å². The summed E-state index contributed by atoms with van der Waals surface area (Å²) in [4.78, 5) is 2.70. The zero-order chi connectivity index (χ0) is 14.7. The molecule has 1 saturated carbocycles. The van der Waals surface area contributed by atoms with Crippen molar-refractivity contribution in [2.75, 3.05) is 20.2 Å². The fraction of sp³-hybridized carbons (Fsp3) is 0.667. The van der Waals surface area contributed by atoms with Crippen LogP contribution in [0.3, 0.4) is 0 Å². The number of nitrogens with zero attached hydrogens (tertiary/aromatic N) is 1. The molecule has 1 aliphatic carbocycles. The maximum Gasteiger partial charge on any atom is 0.118 e. The summed E-state index contributed by atoms with van der Waals surface area (Å²) in [5.41, 5.74) is 1.40. The van der Waals surface area contributed by atoms with Crippen molar-refractivity contribution in [2.24, 2.45) is 5.92 Å². The number of nitrogens with one attached hydrogen (secondary N) is 1. The second-order valence-electron chi connectivity index (χ2n) is 6.57. The molecule has 1 saturated heterocycles. The molecule has 0 amide bonds. The van der Waals surface area contributed by atoms with Gasteiger partial charge < -0.3 is 10.1 Å². The minimum absolute atomic E-state index is 0.687. The molecule has 1 aliphatic heterocycles. The minimum Gasteiger partial charge on any atom is -0.497 e. The maximum absolute atomic E-state index is 5.25. The first-order chi connectivity index (χ1) is 10.3. The third-order valence-electron chi connectivity index (χ3n) is 4.92. The molecule has 2 unspecified atom stereocenters. The van der Waals surface area contributed by atoms with Crippen molar-refractivity contribution in [3.63, 3.8) is 0 Å². The van der Waals surface area contributed by atoms with Crippen molar-refractivity contribution >= 4 is 0 Å². The summed E-state index contributed by atoms with van der Waals surface area (Å²) in [6.45, 7) is 5.73. The van der Waals surface area contributed by atoms with Gasteiger partial charge in [0.15, 0.2) is 0 Å². The topological polar surface area (TPSA) is 24.5 Å². The molecule has 116 valence electrons. The highest BCUT2D eigenvalue weighted by molar-refractivity contribution is 5.27. The van der Waals surface area contributed by atoms with E-state index >= 15 is 0 Å². The summed E-state index contributed by atoms with van der Waals surface area (Å²) in [5, 5.41) is 3.79. The molecule has 1 heterocycles. The standard InChI is InChI=1S/C18H28N2O/c1-3-4-16-11-19-18(15-7-8-15)13-20(16)12-14-5-9-17(21-2)10-6-14/h5-6,9-10,15-16,18-19H,3-4,7-8,11-13H2,1-2H3. The van der Waals surface area contributed by atoms with E-state index in [-0.39, 0.29) is 0 Å². The van der Waals surface area contributed by atoms with E-state index in [1.807, 2.05) is 0 Å². The number of methoxy groups -OCH3 is 1. The maximum atomic E-state index is 5.25. The van der Waals surface area contributed by atoms with Crippen LogP contribution in [-0.2, 0) is 6.54 Å². The number of rotatable bonds is 6. The van der Waals surface area contributed by atoms with Gasteiger partial charge in [-0.2, -0.15) is 0 Å². The van der Waals surface area contributed by atoms with Crippen LogP contribution in [0.25, 0.3) is 0 Å². The summed E-state index contributed by atoms with van der Waals surface area (Å²) < 4.78 is 5.25. The van der Waals surface area contributed by atoms with Crippen LogP contribution in [0.5, 0.6) is 5.75 Å². The Hall–Kier alpha value is -1.06. The van der Waals surface area contributed by atoms with E-state index in [0.717, 1.165) is 30.8 Å². The first kappa shape index (κ1) is 14.9. The van der Waals surface area contributed by atoms with Crippen LogP contribution in [0.2, 0.25) is 0 Å². The third-order valence-corrected chi connectivity index (χ3v) is 4.92. The number of piperazine rings is 1. The Morgan fingerprint density at radius 1 is 1.24 bits per heavy atom. The highest BCUT2D eigenvalue weighted by atomic mass is 16.5. The second-order valence-corrected chi connectivity index (χ2v) is 6.57. The van der Waals surface area contributed by atoms with Gasteiger partial charge in [0.2, 0.25) is 0 Å². The van der Waals surface area contributed by atoms with Gasteiger partial charge in [0.1, 0.15) is 5.75 Å². The zero-order valence-corrected chi connectivity index (χ0v) is 13.3. The Bertz CT molecular complexity index is 441. The van der Waals surface area contributed by atoms with Crippen LogP contribution in [0, 0.1) is 5.92 Å². The molecule has 0 bridgehead atoms. The van der Waals surface area contributed by atoms with E-state index in [1.54, 1.807) is 7.11 Å². The molecule has 2 aliphatic rings. The Morgan fingerprint density at radius 2 is 2.00 bits per heavy atom. The molecular formula is C18H28N2O. The smallest absolute Gasteiger partial charge is 0.118 e. The molecule has 1 aromatic rings. The predicted octanol–water partition coefficient (Wildman–Crippen LogP) is 3.05. The van der Waals surface area contributed by atoms with Crippen molar-refractivity contribution in [1.29, 1.82) is 0 Å². The molecule has 21 heavy (non-hydrogen) atoms. The summed E-state index contributed by atoms with van der Waals surface area (Å²) >= 11 is 0. The largest absolute Gasteiger partial charge is 0.497 e. The summed E-state index contributed by atoms with van der Waals surface area (Å²) in [6, 6.07) is 9.96. The van der Waals surface area contributed by atoms with E-state index in [0.29, 0.717) is 6.04 Å². The molecule has 0 spiro atoms. The summed E-state index contributed by atoms with van der Waals surface area (Å²) in [6.07, 6.45) is 5.40. The first-order valence-corrected chi connectivity index (χ1v) is 8.40. The van der Waals surface area contributed by atoms with E-state index in [9.17, 15) is 0 Å². The number of hydrogen-bond acceptors (Lipinski definition) is 3. The van der Waals surface area contributed by atoms with E-state index in [4.69, 9.17) is 4.74 Å². The van der Waals surface area contributed by atoms with Gasteiger partial charge >= 0.3 is 0 Å². The molecule has 3 nitrogen and oxygen atoms in total. The molecule has 0 radical (unpaired) electrons. The lowest BCUT2D eigenvalue weighted by atomic mass is 10.0. The van der Waals surface area contributed by atoms with Crippen molar-refractivity contribution in [3.05, 3.63) is 29.8 Å². The number of ether oxygens (including phenoxy) is 1. The van der Waals surface area contributed by atoms with Crippen LogP contribution < -0.4 is 10.1 Å². The summed E-state index contributed by atoms with van der Waals surface area (Å²) in [5.74, 6) is 1.88. The molecule has 2 fully saturated rings. The van der Waals surface area contributed by atoms with Crippen molar-refractivity contribution in [3.8, 4) is 5.75 Å². The SMILES string of the molecule is CCCC1CNC(C2CC2)CN1Cc1ccc(OC)cc1. The van der Waals surface area contributed by atoms with Gasteiger partial charge in [0.25, 0.3) is 0 Å². The van der Waals surface area contributed by atoms with E-state index in [2.05, 4.69) is 41.4 Å². The average molecular weight is 288 g/mol.